The van der Waals surface area contributed by atoms with Crippen LogP contribution in [0.2, 0.25) is 0 Å². The zero-order valence-corrected chi connectivity index (χ0v) is 10.8. The first-order chi connectivity index (χ1) is 8.72. The van der Waals surface area contributed by atoms with Crippen molar-refractivity contribution in [2.75, 3.05) is 6.61 Å². The van der Waals surface area contributed by atoms with Crippen LogP contribution in [-0.2, 0) is 0 Å². The number of ether oxygens (including phenoxy) is 2. The van der Waals surface area contributed by atoms with Crippen molar-refractivity contribution in [2.24, 2.45) is 0 Å². The highest BCUT2D eigenvalue weighted by molar-refractivity contribution is 5.43. The average molecular weight is 248 g/mol. The highest BCUT2D eigenvalue weighted by Crippen LogP contribution is 2.47. The van der Waals surface area contributed by atoms with E-state index in [1.807, 2.05) is 25.1 Å². The summed E-state index contributed by atoms with van der Waals surface area (Å²) in [6.07, 6.45) is 4.84. The molecular weight excluding hydrogens is 228 g/mol. The van der Waals surface area contributed by atoms with Gasteiger partial charge in [0.2, 0.25) is 0 Å². The number of rotatable bonds is 2. The smallest absolute Gasteiger partial charge is 0.126 e. The maximum absolute atomic E-state index is 10.3. The van der Waals surface area contributed by atoms with E-state index in [0.29, 0.717) is 6.61 Å². The molecule has 0 radical (unpaired) electrons. The zero-order chi connectivity index (χ0) is 12.6. The maximum atomic E-state index is 10.3. The highest BCUT2D eigenvalue weighted by atomic mass is 16.5. The molecule has 1 heterocycles. The van der Waals surface area contributed by atoms with Crippen molar-refractivity contribution in [3.8, 4) is 11.5 Å². The molecule has 1 N–H and O–H groups in total. The van der Waals surface area contributed by atoms with Crippen molar-refractivity contribution >= 4 is 0 Å². The lowest BCUT2D eigenvalue weighted by atomic mass is 9.87. The van der Waals surface area contributed by atoms with E-state index < -0.39 is 6.10 Å². The molecule has 1 saturated carbocycles. The van der Waals surface area contributed by atoms with Gasteiger partial charge in [0.25, 0.3) is 0 Å². The normalized spacial score (nSPS) is 24.7. The molecule has 0 saturated heterocycles. The zero-order valence-electron chi connectivity index (χ0n) is 10.8. The summed E-state index contributed by atoms with van der Waals surface area (Å²) in [5, 5.41) is 10.3. The average Bonchev–Trinajstić information content (AvgIpc) is 2.78. The van der Waals surface area contributed by atoms with E-state index >= 15 is 0 Å². The van der Waals surface area contributed by atoms with Crippen molar-refractivity contribution in [3.05, 3.63) is 23.8 Å². The lowest BCUT2D eigenvalue weighted by Gasteiger charge is -2.38. The first kappa shape index (κ1) is 11.8. The molecule has 1 atom stereocenters. The standard InChI is InChI=1S/C15H20O3/c1-2-17-11-5-6-14-12(9-11)13(16)10-15(18-14)7-3-4-8-15/h5-6,9,13,16H,2-4,7-8,10H2,1H3. The molecule has 2 aliphatic rings. The number of hydrogen-bond acceptors (Lipinski definition) is 3. The summed E-state index contributed by atoms with van der Waals surface area (Å²) in [6, 6.07) is 5.76. The third-order valence-corrected chi connectivity index (χ3v) is 4.06. The quantitative estimate of drug-likeness (QED) is 0.873. The van der Waals surface area contributed by atoms with Crippen LogP contribution in [0.3, 0.4) is 0 Å². The van der Waals surface area contributed by atoms with E-state index in [2.05, 4.69) is 0 Å². The molecular formula is C15H20O3. The van der Waals surface area contributed by atoms with Crippen LogP contribution in [0.25, 0.3) is 0 Å². The van der Waals surface area contributed by atoms with Crippen LogP contribution >= 0.6 is 0 Å². The molecule has 98 valence electrons. The fraction of sp³-hybridized carbons (Fsp3) is 0.600. The third-order valence-electron chi connectivity index (χ3n) is 4.06. The molecule has 3 nitrogen and oxygen atoms in total. The Labute approximate surface area is 108 Å². The molecule has 1 aromatic rings. The van der Waals surface area contributed by atoms with Gasteiger partial charge in [-0.2, -0.15) is 0 Å². The number of fused-ring (bicyclic) bond motifs is 1. The fourth-order valence-electron chi connectivity index (χ4n) is 3.20. The van der Waals surface area contributed by atoms with Gasteiger partial charge in [-0.3, -0.25) is 0 Å². The molecule has 1 unspecified atom stereocenters. The molecule has 0 amide bonds. The fourth-order valence-corrected chi connectivity index (χ4v) is 3.20. The van der Waals surface area contributed by atoms with Gasteiger partial charge < -0.3 is 14.6 Å². The summed E-state index contributed by atoms with van der Waals surface area (Å²) in [5.41, 5.74) is 0.762. The van der Waals surface area contributed by atoms with Crippen LogP contribution in [0, 0.1) is 0 Å². The lowest BCUT2D eigenvalue weighted by Crippen LogP contribution is -2.38. The summed E-state index contributed by atoms with van der Waals surface area (Å²) >= 11 is 0. The molecule has 1 aliphatic heterocycles. The molecule has 18 heavy (non-hydrogen) atoms. The van der Waals surface area contributed by atoms with Crippen molar-refractivity contribution < 1.29 is 14.6 Å². The van der Waals surface area contributed by atoms with Gasteiger partial charge in [-0.15, -0.1) is 0 Å². The summed E-state index contributed by atoms with van der Waals surface area (Å²) in [4.78, 5) is 0. The Balaban J connectivity index is 1.90. The van der Waals surface area contributed by atoms with Gasteiger partial charge in [-0.05, 0) is 50.8 Å². The summed E-state index contributed by atoms with van der Waals surface area (Å²) in [6.45, 7) is 2.60. The van der Waals surface area contributed by atoms with Crippen LogP contribution in [-0.4, -0.2) is 17.3 Å². The maximum Gasteiger partial charge on any atom is 0.126 e. The summed E-state index contributed by atoms with van der Waals surface area (Å²) in [5.74, 6) is 1.64. The van der Waals surface area contributed by atoms with Gasteiger partial charge >= 0.3 is 0 Å². The second kappa shape index (κ2) is 4.47. The van der Waals surface area contributed by atoms with E-state index in [0.717, 1.165) is 36.3 Å². The molecule has 1 aromatic carbocycles. The van der Waals surface area contributed by atoms with Crippen LogP contribution in [0.5, 0.6) is 11.5 Å². The summed E-state index contributed by atoms with van der Waals surface area (Å²) in [7, 11) is 0. The Bertz CT molecular complexity index is 435. The summed E-state index contributed by atoms with van der Waals surface area (Å²) < 4.78 is 11.6. The Morgan fingerprint density at radius 3 is 2.89 bits per heavy atom. The molecule has 1 aliphatic carbocycles. The molecule has 1 fully saturated rings. The second-order valence-corrected chi connectivity index (χ2v) is 5.34. The minimum Gasteiger partial charge on any atom is -0.494 e. The first-order valence-corrected chi connectivity index (χ1v) is 6.86. The van der Waals surface area contributed by atoms with Gasteiger partial charge in [0.1, 0.15) is 17.1 Å². The number of hydrogen-bond donors (Lipinski definition) is 1. The molecule has 0 bridgehead atoms. The van der Waals surface area contributed by atoms with E-state index in [9.17, 15) is 5.11 Å². The Morgan fingerprint density at radius 2 is 2.17 bits per heavy atom. The second-order valence-electron chi connectivity index (χ2n) is 5.34. The van der Waals surface area contributed by atoms with Gasteiger partial charge in [-0.25, -0.2) is 0 Å². The van der Waals surface area contributed by atoms with Crippen LogP contribution < -0.4 is 9.47 Å². The Hall–Kier alpha value is -1.22. The predicted octanol–water partition coefficient (Wildman–Crippen LogP) is 3.21. The van der Waals surface area contributed by atoms with Crippen molar-refractivity contribution in [1.82, 2.24) is 0 Å². The van der Waals surface area contributed by atoms with E-state index in [4.69, 9.17) is 9.47 Å². The number of aliphatic hydroxyl groups excluding tert-OH is 1. The molecule has 0 aromatic heterocycles. The first-order valence-electron chi connectivity index (χ1n) is 6.86. The van der Waals surface area contributed by atoms with Crippen LogP contribution in [0.1, 0.15) is 50.7 Å². The Morgan fingerprint density at radius 1 is 1.39 bits per heavy atom. The lowest BCUT2D eigenvalue weighted by molar-refractivity contribution is -0.00956. The van der Waals surface area contributed by atoms with Crippen molar-refractivity contribution in [2.45, 2.75) is 50.7 Å². The molecule has 1 spiro atoms. The molecule has 3 rings (SSSR count). The van der Waals surface area contributed by atoms with E-state index in [-0.39, 0.29) is 5.60 Å². The van der Waals surface area contributed by atoms with Gasteiger partial charge in [0, 0.05) is 12.0 Å². The minimum absolute atomic E-state index is 0.112. The Kier molecular flexibility index (Phi) is 2.94. The molecule has 3 heteroatoms. The number of aliphatic hydroxyl groups is 1. The largest absolute Gasteiger partial charge is 0.494 e. The van der Waals surface area contributed by atoms with Gasteiger partial charge in [0.15, 0.2) is 0 Å². The van der Waals surface area contributed by atoms with Gasteiger partial charge in [-0.1, -0.05) is 0 Å². The monoisotopic (exact) mass is 248 g/mol. The van der Waals surface area contributed by atoms with E-state index in [1.54, 1.807) is 0 Å². The highest BCUT2D eigenvalue weighted by Gasteiger charge is 2.42. The van der Waals surface area contributed by atoms with E-state index in [1.165, 1.54) is 12.8 Å². The third kappa shape index (κ3) is 1.97. The van der Waals surface area contributed by atoms with Crippen molar-refractivity contribution in [3.63, 3.8) is 0 Å². The number of benzene rings is 1. The van der Waals surface area contributed by atoms with Crippen molar-refractivity contribution in [1.29, 1.82) is 0 Å². The SMILES string of the molecule is CCOc1ccc2c(c1)C(O)CC1(CCCC1)O2. The topological polar surface area (TPSA) is 38.7 Å². The minimum atomic E-state index is -0.424. The van der Waals surface area contributed by atoms with Crippen LogP contribution in [0.4, 0.5) is 0 Å². The van der Waals surface area contributed by atoms with Crippen LogP contribution in [0.15, 0.2) is 18.2 Å². The van der Waals surface area contributed by atoms with Gasteiger partial charge in [0.05, 0.1) is 12.7 Å². The predicted molar refractivity (Wildman–Crippen MR) is 69.0 cm³/mol.